The van der Waals surface area contributed by atoms with Crippen LogP contribution in [0, 0.1) is 0 Å². The Balaban J connectivity index is 1.13. The second-order valence-electron chi connectivity index (χ2n) is 12.4. The van der Waals surface area contributed by atoms with Crippen molar-refractivity contribution in [2.45, 2.75) is 0 Å². The van der Waals surface area contributed by atoms with Crippen LogP contribution in [0.3, 0.4) is 0 Å². The molecule has 1 aliphatic rings. The van der Waals surface area contributed by atoms with Gasteiger partial charge in [-0.2, -0.15) is 0 Å². The van der Waals surface area contributed by atoms with Crippen LogP contribution < -0.4 is 4.74 Å². The second kappa shape index (κ2) is 11.4. The van der Waals surface area contributed by atoms with Crippen LogP contribution in [0.15, 0.2) is 170 Å². The van der Waals surface area contributed by atoms with E-state index >= 15 is 0 Å². The first-order chi connectivity index (χ1) is 24.8. The van der Waals surface area contributed by atoms with Crippen molar-refractivity contribution in [3.8, 4) is 73.6 Å². The molecule has 0 amide bonds. The predicted molar refractivity (Wildman–Crippen MR) is 201 cm³/mol. The highest BCUT2D eigenvalue weighted by molar-refractivity contribution is 6.12. The van der Waals surface area contributed by atoms with Crippen molar-refractivity contribution >= 4 is 21.8 Å². The van der Waals surface area contributed by atoms with Crippen molar-refractivity contribution in [3.63, 3.8) is 0 Å². The molecule has 0 bridgehead atoms. The van der Waals surface area contributed by atoms with Gasteiger partial charge < -0.3 is 9.30 Å². The van der Waals surface area contributed by atoms with Gasteiger partial charge in [-0.3, -0.25) is 0 Å². The Morgan fingerprint density at radius 2 is 0.880 bits per heavy atom. The quantitative estimate of drug-likeness (QED) is 0.192. The molecule has 0 N–H and O–H groups in total. The number of hydrogen-bond acceptors (Lipinski definition) is 4. The molecule has 9 aromatic rings. The highest BCUT2D eigenvalue weighted by Gasteiger charge is 2.23. The lowest BCUT2D eigenvalue weighted by Crippen LogP contribution is -2.00. The van der Waals surface area contributed by atoms with Crippen LogP contribution in [0.4, 0.5) is 0 Å². The second-order valence-corrected chi connectivity index (χ2v) is 12.4. The summed E-state index contributed by atoms with van der Waals surface area (Å²) in [5.74, 6) is 3.60. The normalized spacial score (nSPS) is 11.8. The third kappa shape index (κ3) is 4.60. The Hall–Kier alpha value is -6.85. The molecule has 0 atom stereocenters. The van der Waals surface area contributed by atoms with Gasteiger partial charge in [-0.15, -0.1) is 0 Å². The molecule has 10 rings (SSSR count). The van der Waals surface area contributed by atoms with Crippen molar-refractivity contribution in [1.82, 2.24) is 19.5 Å². The molecule has 0 aliphatic carbocycles. The molecule has 5 heteroatoms. The van der Waals surface area contributed by atoms with E-state index in [-0.39, 0.29) is 0 Å². The molecule has 0 fully saturated rings. The standard InChI is InChI=1S/C45H28N4O/c1-3-13-29(14-4-1)43-46-44(30-15-5-2-6-16-30)48-45(47-43)31-23-25-32(26-24-31)49-39-21-11-9-19-35(39)37-27-38-34-18-8-7-17-33(34)36-20-10-12-22-41(36)50-42(38)28-40(37)49/h1-28H. The zero-order valence-corrected chi connectivity index (χ0v) is 26.9. The highest BCUT2D eigenvalue weighted by atomic mass is 16.5. The van der Waals surface area contributed by atoms with Gasteiger partial charge in [-0.05, 0) is 53.6 Å². The average molecular weight is 641 g/mol. The van der Waals surface area contributed by atoms with Gasteiger partial charge in [0.1, 0.15) is 11.5 Å². The number of hydrogen-bond donors (Lipinski definition) is 0. The summed E-state index contributed by atoms with van der Waals surface area (Å²) >= 11 is 0. The Morgan fingerprint density at radius 1 is 0.360 bits per heavy atom. The molecule has 0 saturated heterocycles. The fourth-order valence-electron chi connectivity index (χ4n) is 7.12. The summed E-state index contributed by atoms with van der Waals surface area (Å²) in [6.45, 7) is 0. The van der Waals surface area contributed by atoms with Crippen LogP contribution in [0.25, 0.3) is 83.9 Å². The van der Waals surface area contributed by atoms with E-state index in [4.69, 9.17) is 19.7 Å². The van der Waals surface area contributed by atoms with Gasteiger partial charge >= 0.3 is 0 Å². The van der Waals surface area contributed by atoms with Crippen LogP contribution >= 0.6 is 0 Å². The van der Waals surface area contributed by atoms with Crippen molar-refractivity contribution in [2.75, 3.05) is 0 Å². The number of aromatic nitrogens is 4. The molecule has 0 unspecified atom stereocenters. The van der Waals surface area contributed by atoms with Crippen molar-refractivity contribution < 1.29 is 4.74 Å². The van der Waals surface area contributed by atoms with Crippen LogP contribution in [0.1, 0.15) is 0 Å². The number of benzene rings is 7. The summed E-state index contributed by atoms with van der Waals surface area (Å²) in [5.41, 5.74) is 10.6. The number of fused-ring (bicyclic) bond motifs is 8. The fraction of sp³-hybridized carbons (Fsp3) is 0. The lowest BCUT2D eigenvalue weighted by atomic mass is 9.94. The van der Waals surface area contributed by atoms with Gasteiger partial charge in [0, 0.05) is 50.3 Å². The number of rotatable bonds is 4. The van der Waals surface area contributed by atoms with Gasteiger partial charge in [0.05, 0.1) is 11.0 Å². The van der Waals surface area contributed by atoms with Gasteiger partial charge in [0.15, 0.2) is 17.5 Å². The molecule has 50 heavy (non-hydrogen) atoms. The third-order valence-corrected chi connectivity index (χ3v) is 9.47. The highest BCUT2D eigenvalue weighted by Crippen LogP contribution is 2.49. The summed E-state index contributed by atoms with van der Waals surface area (Å²) in [6.07, 6.45) is 0. The van der Waals surface area contributed by atoms with Crippen molar-refractivity contribution in [2.24, 2.45) is 0 Å². The fourth-order valence-corrected chi connectivity index (χ4v) is 7.12. The minimum atomic E-state index is 0.627. The minimum absolute atomic E-state index is 0.627. The van der Waals surface area contributed by atoms with Crippen molar-refractivity contribution in [3.05, 3.63) is 170 Å². The molecule has 5 nitrogen and oxygen atoms in total. The van der Waals surface area contributed by atoms with E-state index in [1.807, 2.05) is 72.8 Å². The number of nitrogens with zero attached hydrogens (tertiary/aromatic N) is 4. The molecule has 0 saturated carbocycles. The molecule has 3 heterocycles. The lowest BCUT2D eigenvalue weighted by molar-refractivity contribution is 0.488. The largest absolute Gasteiger partial charge is 0.456 e. The summed E-state index contributed by atoms with van der Waals surface area (Å²) in [7, 11) is 0. The SMILES string of the molecule is c1ccc(-c2nc(-c3ccccc3)nc(-c3ccc(-n4c5ccccc5c5cc6c(cc54)Oc4ccccc4-c4ccccc4-6)cc3)n2)cc1. The maximum atomic E-state index is 6.72. The minimum Gasteiger partial charge on any atom is -0.456 e. The van der Waals surface area contributed by atoms with Crippen LogP contribution in [0.5, 0.6) is 11.5 Å². The third-order valence-electron chi connectivity index (χ3n) is 9.47. The molecule has 234 valence electrons. The van der Waals surface area contributed by atoms with Gasteiger partial charge in [0.25, 0.3) is 0 Å². The molecule has 7 aromatic carbocycles. The van der Waals surface area contributed by atoms with Crippen LogP contribution in [-0.4, -0.2) is 19.5 Å². The summed E-state index contributed by atoms with van der Waals surface area (Å²) < 4.78 is 9.03. The smallest absolute Gasteiger partial charge is 0.164 e. The van der Waals surface area contributed by atoms with Gasteiger partial charge in [-0.25, -0.2) is 15.0 Å². The molecular formula is C45H28N4O. The molecule has 0 spiro atoms. The lowest BCUT2D eigenvalue weighted by Gasteiger charge is -2.13. The topological polar surface area (TPSA) is 52.8 Å². The Bertz CT molecular complexity index is 2660. The Morgan fingerprint density at radius 3 is 1.54 bits per heavy atom. The zero-order valence-electron chi connectivity index (χ0n) is 26.9. The maximum absolute atomic E-state index is 6.72. The first kappa shape index (κ1) is 28.2. The zero-order chi connectivity index (χ0) is 33.0. The Kier molecular flexibility index (Phi) is 6.42. The average Bonchev–Trinajstić information content (AvgIpc) is 3.43. The van der Waals surface area contributed by atoms with E-state index in [1.54, 1.807) is 0 Å². The monoisotopic (exact) mass is 640 g/mol. The summed E-state index contributed by atoms with van der Waals surface area (Å²) in [4.78, 5) is 14.7. The van der Waals surface area contributed by atoms with E-state index in [1.165, 1.54) is 16.3 Å². The predicted octanol–water partition coefficient (Wildman–Crippen LogP) is 11.4. The molecule has 1 aliphatic heterocycles. The first-order valence-corrected chi connectivity index (χ1v) is 16.7. The number of ether oxygens (including phenoxy) is 1. The Labute approximate surface area is 288 Å². The van der Waals surface area contributed by atoms with E-state index in [9.17, 15) is 0 Å². The summed E-state index contributed by atoms with van der Waals surface area (Å²) in [5, 5.41) is 2.36. The number of para-hydroxylation sites is 2. The van der Waals surface area contributed by atoms with Crippen LogP contribution in [0.2, 0.25) is 0 Å². The maximum Gasteiger partial charge on any atom is 0.164 e. The van der Waals surface area contributed by atoms with Crippen LogP contribution in [-0.2, 0) is 0 Å². The van der Waals surface area contributed by atoms with E-state index in [0.29, 0.717) is 17.5 Å². The molecule has 2 aromatic heterocycles. The van der Waals surface area contributed by atoms with Gasteiger partial charge in [-0.1, -0.05) is 121 Å². The molecular weight excluding hydrogens is 613 g/mol. The summed E-state index contributed by atoms with van der Waals surface area (Å²) in [6, 6.07) is 58.5. The molecule has 0 radical (unpaired) electrons. The van der Waals surface area contributed by atoms with E-state index < -0.39 is 0 Å². The van der Waals surface area contributed by atoms with Gasteiger partial charge in [0.2, 0.25) is 0 Å². The van der Waals surface area contributed by atoms with Crippen molar-refractivity contribution in [1.29, 1.82) is 0 Å². The van der Waals surface area contributed by atoms with E-state index in [0.717, 1.165) is 61.6 Å². The first-order valence-electron chi connectivity index (χ1n) is 16.7. The van der Waals surface area contributed by atoms with E-state index in [2.05, 4.69) is 102 Å².